The summed E-state index contributed by atoms with van der Waals surface area (Å²) in [7, 11) is 0. The highest BCUT2D eigenvalue weighted by Gasteiger charge is 2.76. The maximum atomic E-state index is 17.2. The Kier molecular flexibility index (Phi) is 6.55. The van der Waals surface area contributed by atoms with Crippen LogP contribution in [0.15, 0.2) is 23.8 Å². The molecule has 0 aliphatic heterocycles. The van der Waals surface area contributed by atoms with E-state index in [1.54, 1.807) is 13.8 Å². The predicted octanol–water partition coefficient (Wildman–Crippen LogP) is 3.52. The molecule has 0 aromatic carbocycles. The van der Waals surface area contributed by atoms with E-state index in [1.165, 1.54) is 19.1 Å². The van der Waals surface area contributed by atoms with Crippen LogP contribution in [0.25, 0.3) is 0 Å². The summed E-state index contributed by atoms with van der Waals surface area (Å²) in [4.78, 5) is 49.6. The van der Waals surface area contributed by atoms with Crippen LogP contribution in [0.5, 0.6) is 0 Å². The molecule has 36 heavy (non-hydrogen) atoms. The molecule has 3 fully saturated rings. The smallest absolute Gasteiger partial charge is 0.306 e. The third-order valence-corrected chi connectivity index (χ3v) is 9.35. The van der Waals surface area contributed by atoms with Gasteiger partial charge in [-0.3, -0.25) is 19.2 Å². The fourth-order valence-corrected chi connectivity index (χ4v) is 7.61. The number of allylic oxidation sites excluding steroid dienone is 4. The van der Waals surface area contributed by atoms with Crippen molar-refractivity contribution in [1.82, 2.24) is 0 Å². The van der Waals surface area contributed by atoms with Crippen molar-refractivity contribution in [3.05, 3.63) is 23.8 Å². The molecule has 0 bridgehead atoms. The van der Waals surface area contributed by atoms with Crippen molar-refractivity contribution in [2.75, 3.05) is 6.61 Å². The van der Waals surface area contributed by atoms with Crippen molar-refractivity contribution in [1.29, 1.82) is 0 Å². The molecule has 0 aromatic rings. The zero-order valence-electron chi connectivity index (χ0n) is 21.1. The summed E-state index contributed by atoms with van der Waals surface area (Å²) in [5.41, 5.74) is -6.80. The summed E-state index contributed by atoms with van der Waals surface area (Å²) >= 11 is 0. The Bertz CT molecular complexity index is 1050. The van der Waals surface area contributed by atoms with Crippen LogP contribution < -0.4 is 0 Å². The maximum Gasteiger partial charge on any atom is 0.306 e. The second kappa shape index (κ2) is 8.85. The largest absolute Gasteiger partial charge is 0.458 e. The third kappa shape index (κ3) is 3.52. The number of hydrogen-bond acceptors (Lipinski definition) is 7. The summed E-state index contributed by atoms with van der Waals surface area (Å²) in [5, 5.41) is 11.4. The highest BCUT2D eigenvalue weighted by Crippen LogP contribution is 2.70. The SMILES string of the molecule is CCCC(=O)O[C@]1(C(=O)COC(C)=O)CCC2[C@@H]3CC(F)C4=CC(=O)C=C[C@]4(C)C3(F)[C@@H](O)C[C@@]21C. The zero-order valence-corrected chi connectivity index (χ0v) is 21.1. The van der Waals surface area contributed by atoms with Gasteiger partial charge in [-0.25, -0.2) is 8.78 Å². The molecule has 1 N–H and O–H groups in total. The number of alkyl halides is 2. The molecule has 0 heterocycles. The molecule has 0 amide bonds. The van der Waals surface area contributed by atoms with Crippen molar-refractivity contribution in [2.24, 2.45) is 22.7 Å². The molecule has 3 saturated carbocycles. The topological polar surface area (TPSA) is 107 Å². The molecule has 4 aliphatic carbocycles. The number of aliphatic hydroxyl groups excluding tert-OH is 1. The first-order valence-electron chi connectivity index (χ1n) is 12.6. The number of esters is 2. The van der Waals surface area contributed by atoms with Crippen LogP contribution in [-0.2, 0) is 28.7 Å². The van der Waals surface area contributed by atoms with Crippen molar-refractivity contribution in [3.8, 4) is 0 Å². The lowest BCUT2D eigenvalue weighted by Crippen LogP contribution is -2.70. The normalized spacial score (nSPS) is 43.1. The van der Waals surface area contributed by atoms with E-state index < -0.39 is 76.3 Å². The monoisotopic (exact) mass is 508 g/mol. The minimum Gasteiger partial charge on any atom is -0.458 e. The standard InChI is InChI=1S/C27H34F2O7/c1-5-6-23(34)36-26(22(33)14-35-15(2)30)10-8-17-18-12-20(28)19-11-16(31)7-9-24(19,3)27(18,29)21(32)13-25(17,26)4/h7,9,11,17-18,20-21,32H,5-6,8,10,12-14H2,1-4H3/t17?,18-,20?,21-,24-,25-,26-,27?/m0/s1. The molecule has 0 spiro atoms. The second-order valence-electron chi connectivity index (χ2n) is 11.2. The first-order chi connectivity index (χ1) is 16.8. The molecule has 9 heteroatoms. The van der Waals surface area contributed by atoms with Gasteiger partial charge in [0.15, 0.2) is 23.7 Å². The van der Waals surface area contributed by atoms with Crippen LogP contribution in [0.1, 0.15) is 66.2 Å². The van der Waals surface area contributed by atoms with E-state index in [4.69, 9.17) is 9.47 Å². The van der Waals surface area contributed by atoms with E-state index in [9.17, 15) is 24.3 Å². The first kappa shape index (κ1) is 26.6. The number of Topliss-reactive ketones (excluding diaryl/α,β-unsaturated/α-hetero) is 1. The number of ketones is 2. The molecule has 4 aliphatic rings. The molecule has 0 aromatic heterocycles. The van der Waals surface area contributed by atoms with Gasteiger partial charge >= 0.3 is 11.9 Å². The molecule has 0 radical (unpaired) electrons. The summed E-state index contributed by atoms with van der Waals surface area (Å²) < 4.78 is 43.6. The first-order valence-corrected chi connectivity index (χ1v) is 12.6. The molecule has 3 unspecified atom stereocenters. The number of aliphatic hydroxyl groups is 1. The Morgan fingerprint density at radius 3 is 2.56 bits per heavy atom. The molecule has 4 rings (SSSR count). The average Bonchev–Trinajstić information content (AvgIpc) is 3.08. The summed E-state index contributed by atoms with van der Waals surface area (Å²) in [5.74, 6) is -3.96. The van der Waals surface area contributed by atoms with Gasteiger partial charge in [0.25, 0.3) is 0 Å². The van der Waals surface area contributed by atoms with Crippen LogP contribution in [0.2, 0.25) is 0 Å². The Hall–Kier alpha value is -2.42. The molecular formula is C27H34F2O7. The van der Waals surface area contributed by atoms with Crippen molar-refractivity contribution in [2.45, 2.75) is 89.8 Å². The molecule has 0 saturated heterocycles. The highest BCUT2D eigenvalue weighted by molar-refractivity contribution is 6.01. The Balaban J connectivity index is 1.80. The number of carbonyl (C=O) groups is 4. The number of rotatable bonds is 6. The van der Waals surface area contributed by atoms with Gasteiger partial charge in [-0.05, 0) is 62.7 Å². The van der Waals surface area contributed by atoms with Crippen molar-refractivity contribution >= 4 is 23.5 Å². The van der Waals surface area contributed by atoms with Crippen LogP contribution in [0, 0.1) is 22.7 Å². The second-order valence-corrected chi connectivity index (χ2v) is 11.2. The number of fused-ring (bicyclic) bond motifs is 5. The quantitative estimate of drug-likeness (QED) is 0.547. The fourth-order valence-electron chi connectivity index (χ4n) is 7.61. The van der Waals surface area contributed by atoms with Gasteiger partial charge in [0.05, 0.1) is 6.10 Å². The van der Waals surface area contributed by atoms with Gasteiger partial charge in [0.2, 0.25) is 5.78 Å². The van der Waals surface area contributed by atoms with Crippen LogP contribution in [-0.4, -0.2) is 58.8 Å². The van der Waals surface area contributed by atoms with Gasteiger partial charge in [-0.1, -0.05) is 19.9 Å². The van der Waals surface area contributed by atoms with E-state index in [0.29, 0.717) is 6.42 Å². The lowest BCUT2D eigenvalue weighted by atomic mass is 9.44. The van der Waals surface area contributed by atoms with Crippen LogP contribution in [0.3, 0.4) is 0 Å². The Labute approximate surface area is 209 Å². The number of carbonyl (C=O) groups excluding carboxylic acids is 4. The Morgan fingerprint density at radius 2 is 1.92 bits per heavy atom. The van der Waals surface area contributed by atoms with Gasteiger partial charge in [-0.2, -0.15) is 0 Å². The minimum absolute atomic E-state index is 0.0148. The van der Waals surface area contributed by atoms with Crippen LogP contribution in [0.4, 0.5) is 8.78 Å². The lowest BCUT2D eigenvalue weighted by molar-refractivity contribution is -0.229. The van der Waals surface area contributed by atoms with E-state index in [1.807, 2.05) is 0 Å². The minimum atomic E-state index is -2.30. The molecule has 8 atom stereocenters. The van der Waals surface area contributed by atoms with E-state index in [-0.39, 0.29) is 37.7 Å². The average molecular weight is 509 g/mol. The third-order valence-electron chi connectivity index (χ3n) is 9.35. The molecule has 198 valence electrons. The summed E-state index contributed by atoms with van der Waals surface area (Å²) in [6.45, 7) is 5.50. The molecule has 7 nitrogen and oxygen atoms in total. The van der Waals surface area contributed by atoms with Gasteiger partial charge in [-0.15, -0.1) is 0 Å². The number of hydrogen-bond donors (Lipinski definition) is 1. The zero-order chi connectivity index (χ0) is 26.7. The van der Waals surface area contributed by atoms with Gasteiger partial charge in [0.1, 0.15) is 6.17 Å². The predicted molar refractivity (Wildman–Crippen MR) is 124 cm³/mol. The fraction of sp³-hybridized carbons (Fsp3) is 0.704. The summed E-state index contributed by atoms with van der Waals surface area (Å²) in [6, 6.07) is 0. The van der Waals surface area contributed by atoms with Crippen LogP contribution >= 0.6 is 0 Å². The van der Waals surface area contributed by atoms with E-state index in [2.05, 4.69) is 0 Å². The van der Waals surface area contributed by atoms with Crippen molar-refractivity contribution in [3.63, 3.8) is 0 Å². The lowest BCUT2D eigenvalue weighted by Gasteiger charge is -2.63. The van der Waals surface area contributed by atoms with Gasteiger partial charge in [0, 0.05) is 30.1 Å². The summed E-state index contributed by atoms with van der Waals surface area (Å²) in [6.07, 6.45) is 0.783. The van der Waals surface area contributed by atoms with E-state index >= 15 is 8.78 Å². The maximum absolute atomic E-state index is 17.2. The van der Waals surface area contributed by atoms with Gasteiger partial charge < -0.3 is 14.6 Å². The number of halogens is 2. The Morgan fingerprint density at radius 1 is 1.22 bits per heavy atom. The van der Waals surface area contributed by atoms with E-state index in [0.717, 1.165) is 13.0 Å². The van der Waals surface area contributed by atoms with Crippen molar-refractivity contribution < 1.29 is 42.5 Å². The number of ether oxygens (including phenoxy) is 2. The highest BCUT2D eigenvalue weighted by atomic mass is 19.1. The molecular weight excluding hydrogens is 474 g/mol.